The summed E-state index contributed by atoms with van der Waals surface area (Å²) in [7, 11) is 2.18. The summed E-state index contributed by atoms with van der Waals surface area (Å²) in [4.78, 5) is 2.38. The smallest absolute Gasteiger partial charge is 0.0436 e. The fourth-order valence-corrected chi connectivity index (χ4v) is 2.41. The number of nitrogens with two attached hydrogens (primary N) is 1. The summed E-state index contributed by atoms with van der Waals surface area (Å²) in [5.41, 5.74) is 7.67. The van der Waals surface area contributed by atoms with E-state index in [0.717, 1.165) is 19.4 Å². The molecule has 0 amide bonds. The number of rotatable bonds is 1. The Morgan fingerprint density at radius 2 is 1.82 bits per heavy atom. The highest BCUT2D eigenvalue weighted by molar-refractivity contribution is 5.85. The van der Waals surface area contributed by atoms with Crippen LogP contribution in [0.25, 0.3) is 0 Å². The first kappa shape index (κ1) is 16.7. The van der Waals surface area contributed by atoms with Crippen molar-refractivity contribution in [2.24, 2.45) is 5.73 Å². The lowest BCUT2D eigenvalue weighted by Crippen LogP contribution is -2.50. The Bertz CT molecular complexity index is 331. The number of likely N-dealkylation sites (tertiary alicyclic amines) is 1. The zero-order valence-electron chi connectivity index (χ0n) is 10.4. The van der Waals surface area contributed by atoms with Crippen LogP contribution in [0, 0.1) is 0 Å². The number of hydrogen-bond donors (Lipinski definition) is 1. The first-order chi connectivity index (χ1) is 7.12. The van der Waals surface area contributed by atoms with E-state index in [-0.39, 0.29) is 30.4 Å². The largest absolute Gasteiger partial charge is 0.321 e. The Morgan fingerprint density at radius 1 is 1.24 bits per heavy atom. The minimum absolute atomic E-state index is 0. The standard InChI is InChI=1S/C13H20N2.2ClH/c1-11-10-13(14,8-9-15(11)2)12-6-4-3-5-7-12;;/h3-7,11H,8-10,14H2,1-2H3;2*1H. The molecule has 98 valence electrons. The molecule has 0 saturated carbocycles. The zero-order chi connectivity index (χ0) is 10.9. The molecule has 1 aliphatic heterocycles. The molecular weight excluding hydrogens is 255 g/mol. The Hall–Kier alpha value is -0.280. The summed E-state index contributed by atoms with van der Waals surface area (Å²) in [6.45, 7) is 3.34. The first-order valence-corrected chi connectivity index (χ1v) is 5.66. The van der Waals surface area contributed by atoms with E-state index in [2.05, 4.69) is 43.1 Å². The van der Waals surface area contributed by atoms with Crippen LogP contribution in [0.2, 0.25) is 0 Å². The van der Waals surface area contributed by atoms with Gasteiger partial charge < -0.3 is 10.6 Å². The summed E-state index contributed by atoms with van der Waals surface area (Å²) in [5, 5.41) is 0. The molecule has 1 aromatic carbocycles. The highest BCUT2D eigenvalue weighted by atomic mass is 35.5. The molecule has 1 fully saturated rings. The lowest BCUT2D eigenvalue weighted by molar-refractivity contribution is 0.132. The van der Waals surface area contributed by atoms with Crippen LogP contribution < -0.4 is 5.73 Å². The van der Waals surface area contributed by atoms with Crippen molar-refractivity contribution >= 4 is 24.8 Å². The second-order valence-electron chi connectivity index (χ2n) is 4.81. The van der Waals surface area contributed by atoms with Crippen LogP contribution in [0.15, 0.2) is 30.3 Å². The molecule has 0 aliphatic carbocycles. The average Bonchev–Trinajstić information content (AvgIpc) is 2.26. The monoisotopic (exact) mass is 276 g/mol. The van der Waals surface area contributed by atoms with Gasteiger partial charge in [-0.3, -0.25) is 0 Å². The van der Waals surface area contributed by atoms with Crippen molar-refractivity contribution in [3.63, 3.8) is 0 Å². The molecule has 1 heterocycles. The summed E-state index contributed by atoms with van der Waals surface area (Å²) in [5.74, 6) is 0. The summed E-state index contributed by atoms with van der Waals surface area (Å²) >= 11 is 0. The Balaban J connectivity index is 0.00000128. The summed E-state index contributed by atoms with van der Waals surface area (Å²) in [6, 6.07) is 11.1. The third kappa shape index (κ3) is 3.59. The van der Waals surface area contributed by atoms with E-state index in [4.69, 9.17) is 5.73 Å². The summed E-state index contributed by atoms with van der Waals surface area (Å²) < 4.78 is 0. The van der Waals surface area contributed by atoms with Gasteiger partial charge in [0.05, 0.1) is 0 Å². The molecule has 0 spiro atoms. The molecule has 1 aliphatic rings. The van der Waals surface area contributed by atoms with E-state index in [0.29, 0.717) is 6.04 Å². The topological polar surface area (TPSA) is 29.3 Å². The van der Waals surface area contributed by atoms with Crippen LogP contribution in [0.3, 0.4) is 0 Å². The second-order valence-corrected chi connectivity index (χ2v) is 4.81. The fraction of sp³-hybridized carbons (Fsp3) is 0.538. The maximum Gasteiger partial charge on any atom is 0.0436 e. The normalized spacial score (nSPS) is 29.0. The number of hydrogen-bond acceptors (Lipinski definition) is 2. The Morgan fingerprint density at radius 3 is 2.35 bits per heavy atom. The van der Waals surface area contributed by atoms with E-state index in [1.54, 1.807) is 0 Å². The van der Waals surface area contributed by atoms with Crippen LogP contribution in [0.1, 0.15) is 25.3 Å². The van der Waals surface area contributed by atoms with Crippen molar-refractivity contribution in [3.05, 3.63) is 35.9 Å². The summed E-state index contributed by atoms with van der Waals surface area (Å²) in [6.07, 6.45) is 2.10. The third-order valence-corrected chi connectivity index (χ3v) is 3.67. The average molecular weight is 277 g/mol. The third-order valence-electron chi connectivity index (χ3n) is 3.67. The molecule has 0 bridgehead atoms. The second kappa shape index (κ2) is 6.60. The van der Waals surface area contributed by atoms with E-state index >= 15 is 0 Å². The fourth-order valence-electron chi connectivity index (χ4n) is 2.41. The van der Waals surface area contributed by atoms with Gasteiger partial charge in [-0.1, -0.05) is 30.3 Å². The van der Waals surface area contributed by atoms with Gasteiger partial charge in [-0.2, -0.15) is 0 Å². The quantitative estimate of drug-likeness (QED) is 0.855. The Labute approximate surface area is 116 Å². The van der Waals surface area contributed by atoms with Gasteiger partial charge in [0.25, 0.3) is 0 Å². The first-order valence-electron chi connectivity index (χ1n) is 5.66. The molecule has 1 aromatic rings. The van der Waals surface area contributed by atoms with Crippen LogP contribution in [-0.4, -0.2) is 24.5 Å². The van der Waals surface area contributed by atoms with Gasteiger partial charge in [0.1, 0.15) is 0 Å². The number of nitrogens with zero attached hydrogens (tertiary/aromatic N) is 1. The number of benzene rings is 1. The van der Waals surface area contributed by atoms with Gasteiger partial charge in [-0.15, -0.1) is 24.8 Å². The molecule has 2 N–H and O–H groups in total. The molecule has 2 rings (SSSR count). The van der Waals surface area contributed by atoms with Crippen molar-refractivity contribution in [1.82, 2.24) is 4.90 Å². The lowest BCUT2D eigenvalue weighted by Gasteiger charge is -2.42. The van der Waals surface area contributed by atoms with Gasteiger partial charge >= 0.3 is 0 Å². The predicted molar refractivity (Wildman–Crippen MR) is 78.1 cm³/mol. The molecule has 2 atom stereocenters. The van der Waals surface area contributed by atoms with E-state index in [9.17, 15) is 0 Å². The van der Waals surface area contributed by atoms with Crippen LogP contribution in [-0.2, 0) is 5.54 Å². The SMILES string of the molecule is CC1CC(N)(c2ccccc2)CCN1C.Cl.Cl. The number of halogens is 2. The van der Waals surface area contributed by atoms with Gasteiger partial charge in [0.15, 0.2) is 0 Å². The van der Waals surface area contributed by atoms with Crippen LogP contribution >= 0.6 is 24.8 Å². The maximum absolute atomic E-state index is 6.51. The van der Waals surface area contributed by atoms with E-state index in [1.807, 2.05) is 6.07 Å². The molecule has 2 unspecified atom stereocenters. The van der Waals surface area contributed by atoms with Gasteiger partial charge in [0, 0.05) is 18.1 Å². The van der Waals surface area contributed by atoms with Crippen molar-refractivity contribution in [1.29, 1.82) is 0 Å². The number of piperidine rings is 1. The minimum Gasteiger partial charge on any atom is -0.321 e. The van der Waals surface area contributed by atoms with Crippen molar-refractivity contribution in [2.75, 3.05) is 13.6 Å². The molecule has 4 heteroatoms. The van der Waals surface area contributed by atoms with Crippen molar-refractivity contribution in [3.8, 4) is 0 Å². The van der Waals surface area contributed by atoms with Crippen molar-refractivity contribution in [2.45, 2.75) is 31.3 Å². The van der Waals surface area contributed by atoms with Gasteiger partial charge in [0.2, 0.25) is 0 Å². The molecule has 0 aromatic heterocycles. The van der Waals surface area contributed by atoms with Crippen molar-refractivity contribution < 1.29 is 0 Å². The minimum atomic E-state index is -0.118. The predicted octanol–water partition coefficient (Wildman–Crippen LogP) is 2.80. The Kier molecular flexibility index (Phi) is 6.49. The van der Waals surface area contributed by atoms with E-state index in [1.165, 1.54) is 5.56 Å². The van der Waals surface area contributed by atoms with Crippen LogP contribution in [0.4, 0.5) is 0 Å². The van der Waals surface area contributed by atoms with Crippen LogP contribution in [0.5, 0.6) is 0 Å². The maximum atomic E-state index is 6.51. The van der Waals surface area contributed by atoms with Gasteiger partial charge in [-0.05, 0) is 32.4 Å². The lowest BCUT2D eigenvalue weighted by atomic mass is 9.79. The molecule has 0 radical (unpaired) electrons. The molecular formula is C13H22Cl2N2. The molecule has 2 nitrogen and oxygen atoms in total. The molecule has 17 heavy (non-hydrogen) atoms. The van der Waals surface area contributed by atoms with E-state index < -0.39 is 0 Å². The zero-order valence-corrected chi connectivity index (χ0v) is 12.1. The highest BCUT2D eigenvalue weighted by Crippen LogP contribution is 2.32. The highest BCUT2D eigenvalue weighted by Gasteiger charge is 2.34. The van der Waals surface area contributed by atoms with Gasteiger partial charge in [-0.25, -0.2) is 0 Å². The molecule has 1 saturated heterocycles.